The number of aromatic hydroxyl groups is 2. The van der Waals surface area contributed by atoms with Gasteiger partial charge in [-0.3, -0.25) is 4.79 Å². The Bertz CT molecular complexity index is 879. The Labute approximate surface area is 119 Å². The first-order valence-electron chi connectivity index (χ1n) is 6.23. The normalized spacial score (nSPS) is 10.7. The molecule has 1 aromatic heterocycles. The van der Waals surface area contributed by atoms with Crippen LogP contribution < -0.4 is 10.2 Å². The summed E-state index contributed by atoms with van der Waals surface area (Å²) in [6.07, 6.45) is 0. The third kappa shape index (κ3) is 2.18. The molecule has 2 aromatic carbocycles. The monoisotopic (exact) mass is 284 g/mol. The van der Waals surface area contributed by atoms with Gasteiger partial charge in [0.1, 0.15) is 34.0 Å². The van der Waals surface area contributed by atoms with Gasteiger partial charge in [0.2, 0.25) is 0 Å². The fourth-order valence-electron chi connectivity index (χ4n) is 2.23. The Balaban J connectivity index is 2.33. The number of phenols is 2. The highest BCUT2D eigenvalue weighted by Gasteiger charge is 2.14. The van der Waals surface area contributed by atoms with E-state index in [0.717, 1.165) is 6.07 Å². The van der Waals surface area contributed by atoms with Crippen LogP contribution in [0.5, 0.6) is 17.2 Å². The predicted octanol–water partition coefficient (Wildman–Crippen LogP) is 2.88. The van der Waals surface area contributed by atoms with Gasteiger partial charge in [0.15, 0.2) is 5.43 Å². The molecule has 3 aromatic rings. The van der Waals surface area contributed by atoms with Crippen LogP contribution in [0.4, 0.5) is 0 Å². The maximum Gasteiger partial charge on any atom is 0.197 e. The lowest BCUT2D eigenvalue weighted by Crippen LogP contribution is -2.01. The van der Waals surface area contributed by atoms with Crippen molar-refractivity contribution in [2.24, 2.45) is 0 Å². The highest BCUT2D eigenvalue weighted by atomic mass is 16.5. The highest BCUT2D eigenvalue weighted by Crippen LogP contribution is 2.33. The SMILES string of the molecule is COc1ccccc1-c1cc(=O)c2c(O)cc(O)cc2o1. The summed E-state index contributed by atoms with van der Waals surface area (Å²) in [7, 11) is 1.52. The lowest BCUT2D eigenvalue weighted by atomic mass is 10.1. The zero-order chi connectivity index (χ0) is 15.0. The van der Waals surface area contributed by atoms with Crippen molar-refractivity contribution in [1.29, 1.82) is 0 Å². The number of hydrogen-bond donors (Lipinski definition) is 2. The van der Waals surface area contributed by atoms with E-state index in [-0.39, 0.29) is 22.5 Å². The number of phenolic OH excluding ortho intramolecular Hbond substituents is 2. The first-order chi connectivity index (χ1) is 10.1. The summed E-state index contributed by atoms with van der Waals surface area (Å²) in [6.45, 7) is 0. The van der Waals surface area contributed by atoms with Crippen molar-refractivity contribution < 1.29 is 19.4 Å². The van der Waals surface area contributed by atoms with Crippen LogP contribution in [0.2, 0.25) is 0 Å². The maximum atomic E-state index is 12.2. The summed E-state index contributed by atoms with van der Waals surface area (Å²) in [5.74, 6) is 0.366. The molecule has 0 amide bonds. The smallest absolute Gasteiger partial charge is 0.197 e. The Hall–Kier alpha value is -2.95. The van der Waals surface area contributed by atoms with Crippen LogP contribution in [0, 0.1) is 0 Å². The molecule has 0 unspecified atom stereocenters. The van der Waals surface area contributed by atoms with Crippen LogP contribution in [0.15, 0.2) is 51.7 Å². The van der Waals surface area contributed by atoms with E-state index in [4.69, 9.17) is 9.15 Å². The molecule has 0 atom stereocenters. The Morgan fingerprint density at radius 1 is 1.10 bits per heavy atom. The molecule has 5 nitrogen and oxygen atoms in total. The van der Waals surface area contributed by atoms with E-state index in [9.17, 15) is 15.0 Å². The summed E-state index contributed by atoms with van der Waals surface area (Å²) in [4.78, 5) is 12.2. The first-order valence-corrected chi connectivity index (χ1v) is 6.23. The second-order valence-electron chi connectivity index (χ2n) is 4.51. The molecular formula is C16H12O5. The molecule has 0 aliphatic rings. The zero-order valence-corrected chi connectivity index (χ0v) is 11.2. The molecule has 3 rings (SSSR count). The molecule has 5 heteroatoms. The van der Waals surface area contributed by atoms with E-state index in [1.165, 1.54) is 19.2 Å². The standard InChI is InChI=1S/C16H12O5/c1-20-13-5-3-2-4-10(13)14-8-12(19)16-11(18)6-9(17)7-15(16)21-14/h2-8,17-18H,1H3. The fourth-order valence-corrected chi connectivity index (χ4v) is 2.23. The van der Waals surface area contributed by atoms with Gasteiger partial charge >= 0.3 is 0 Å². The van der Waals surface area contributed by atoms with E-state index in [1.807, 2.05) is 0 Å². The van der Waals surface area contributed by atoms with Crippen LogP contribution in [0.3, 0.4) is 0 Å². The average molecular weight is 284 g/mol. The lowest BCUT2D eigenvalue weighted by Gasteiger charge is -2.08. The van der Waals surface area contributed by atoms with Crippen molar-refractivity contribution in [3.8, 4) is 28.6 Å². The van der Waals surface area contributed by atoms with Crippen molar-refractivity contribution in [3.05, 3.63) is 52.7 Å². The largest absolute Gasteiger partial charge is 0.508 e. The molecule has 1 heterocycles. The number of hydrogen-bond acceptors (Lipinski definition) is 5. The van der Waals surface area contributed by atoms with E-state index in [1.54, 1.807) is 24.3 Å². The molecule has 0 spiro atoms. The number of fused-ring (bicyclic) bond motifs is 1. The number of benzene rings is 2. The van der Waals surface area contributed by atoms with Gasteiger partial charge in [-0.1, -0.05) is 12.1 Å². The third-order valence-electron chi connectivity index (χ3n) is 3.17. The summed E-state index contributed by atoms with van der Waals surface area (Å²) < 4.78 is 10.9. The van der Waals surface area contributed by atoms with Crippen molar-refractivity contribution in [3.63, 3.8) is 0 Å². The van der Waals surface area contributed by atoms with Crippen molar-refractivity contribution in [1.82, 2.24) is 0 Å². The zero-order valence-electron chi connectivity index (χ0n) is 11.2. The van der Waals surface area contributed by atoms with Crippen molar-refractivity contribution in [2.75, 3.05) is 7.11 Å². The van der Waals surface area contributed by atoms with Gasteiger partial charge in [-0.2, -0.15) is 0 Å². The minimum absolute atomic E-state index is 0.0337. The third-order valence-corrected chi connectivity index (χ3v) is 3.17. The quantitative estimate of drug-likeness (QED) is 0.756. The molecule has 0 saturated heterocycles. The van der Waals surface area contributed by atoms with Gasteiger partial charge in [-0.25, -0.2) is 0 Å². The highest BCUT2D eigenvalue weighted by molar-refractivity contribution is 5.86. The summed E-state index contributed by atoms with van der Waals surface area (Å²) in [5, 5.41) is 19.3. The molecule has 0 aliphatic heterocycles. The summed E-state index contributed by atoms with van der Waals surface area (Å²) in [5.41, 5.74) is 0.331. The van der Waals surface area contributed by atoms with Gasteiger partial charge < -0.3 is 19.4 Å². The van der Waals surface area contributed by atoms with E-state index >= 15 is 0 Å². The first kappa shape index (κ1) is 13.1. The molecule has 0 saturated carbocycles. The van der Waals surface area contributed by atoms with Crippen LogP contribution in [0.1, 0.15) is 0 Å². The second kappa shape index (κ2) is 4.86. The van der Waals surface area contributed by atoms with E-state index < -0.39 is 5.43 Å². The lowest BCUT2D eigenvalue weighted by molar-refractivity contribution is 0.415. The van der Waals surface area contributed by atoms with Crippen LogP contribution in [-0.4, -0.2) is 17.3 Å². The van der Waals surface area contributed by atoms with Crippen LogP contribution >= 0.6 is 0 Å². The molecule has 0 bridgehead atoms. The maximum absolute atomic E-state index is 12.2. The Morgan fingerprint density at radius 2 is 1.86 bits per heavy atom. The molecular weight excluding hydrogens is 272 g/mol. The van der Waals surface area contributed by atoms with E-state index in [2.05, 4.69) is 0 Å². The van der Waals surface area contributed by atoms with Gasteiger partial charge in [-0.15, -0.1) is 0 Å². The minimum atomic E-state index is -0.394. The second-order valence-corrected chi connectivity index (χ2v) is 4.51. The topological polar surface area (TPSA) is 79.9 Å². The van der Waals surface area contributed by atoms with Gasteiger partial charge in [0.25, 0.3) is 0 Å². The molecule has 106 valence electrons. The van der Waals surface area contributed by atoms with Gasteiger partial charge in [0, 0.05) is 18.2 Å². The minimum Gasteiger partial charge on any atom is -0.508 e. The Kier molecular flexibility index (Phi) is 3.02. The van der Waals surface area contributed by atoms with Gasteiger partial charge in [0.05, 0.1) is 12.7 Å². The molecule has 2 N–H and O–H groups in total. The number of methoxy groups -OCH3 is 1. The number of rotatable bonds is 2. The molecule has 0 fully saturated rings. The van der Waals surface area contributed by atoms with E-state index in [0.29, 0.717) is 17.1 Å². The summed E-state index contributed by atoms with van der Waals surface area (Å²) >= 11 is 0. The fraction of sp³-hybridized carbons (Fsp3) is 0.0625. The van der Waals surface area contributed by atoms with Crippen molar-refractivity contribution >= 4 is 11.0 Å². The molecule has 0 aliphatic carbocycles. The molecule has 0 radical (unpaired) electrons. The summed E-state index contributed by atoms with van der Waals surface area (Å²) in [6, 6.07) is 10.8. The van der Waals surface area contributed by atoms with Gasteiger partial charge in [-0.05, 0) is 12.1 Å². The molecule has 21 heavy (non-hydrogen) atoms. The van der Waals surface area contributed by atoms with Crippen molar-refractivity contribution in [2.45, 2.75) is 0 Å². The number of ether oxygens (including phenoxy) is 1. The van der Waals surface area contributed by atoms with Crippen LogP contribution in [0.25, 0.3) is 22.3 Å². The predicted molar refractivity (Wildman–Crippen MR) is 77.8 cm³/mol. The Morgan fingerprint density at radius 3 is 2.62 bits per heavy atom. The number of para-hydroxylation sites is 1. The average Bonchev–Trinajstić information content (AvgIpc) is 2.45. The van der Waals surface area contributed by atoms with Crippen LogP contribution in [-0.2, 0) is 0 Å².